The predicted octanol–water partition coefficient (Wildman–Crippen LogP) is 2.12. The van der Waals surface area contributed by atoms with Gasteiger partial charge in [-0.05, 0) is 32.0 Å². The Morgan fingerprint density at radius 3 is 2.65 bits per heavy atom. The first-order valence-corrected chi connectivity index (χ1v) is 9.80. The fraction of sp³-hybridized carbons (Fsp3) is 0.333. The average molecular weight is 426 g/mol. The van der Waals surface area contributed by atoms with E-state index < -0.39 is 5.97 Å². The van der Waals surface area contributed by atoms with Gasteiger partial charge in [0.05, 0.1) is 31.0 Å². The lowest BCUT2D eigenvalue weighted by molar-refractivity contribution is 0.0600. The number of nitrogens with one attached hydrogen (secondary N) is 1. The standard InChI is InChI=1S/C21H26N6O4/c1-5-27-16(10-13(2)25-27)19(28)24-21-23-15-11-14(20(29)31-4)12-17(30-3)18(15)26(21)9-7-6-8-22/h6-7,10-12H,5,8-9,22H2,1-4H3,(H,23,24,28)/b7-6+. The maximum atomic E-state index is 13.0. The van der Waals surface area contributed by atoms with Gasteiger partial charge >= 0.3 is 5.97 Å². The smallest absolute Gasteiger partial charge is 0.338 e. The lowest BCUT2D eigenvalue weighted by Gasteiger charge is -2.11. The van der Waals surface area contributed by atoms with Gasteiger partial charge in [0.25, 0.3) is 5.91 Å². The van der Waals surface area contributed by atoms with E-state index >= 15 is 0 Å². The molecule has 1 amide bonds. The summed E-state index contributed by atoms with van der Waals surface area (Å²) in [6, 6.07) is 4.90. The van der Waals surface area contributed by atoms with Crippen LogP contribution in [-0.4, -0.2) is 52.0 Å². The van der Waals surface area contributed by atoms with Crippen LogP contribution in [0.5, 0.6) is 5.75 Å². The molecule has 0 spiro atoms. The van der Waals surface area contributed by atoms with E-state index in [1.807, 2.05) is 26.0 Å². The molecule has 164 valence electrons. The number of esters is 1. The zero-order valence-electron chi connectivity index (χ0n) is 18.0. The topological polar surface area (TPSA) is 126 Å². The minimum Gasteiger partial charge on any atom is -0.494 e. The molecule has 2 heterocycles. The van der Waals surface area contributed by atoms with Crippen molar-refractivity contribution in [2.24, 2.45) is 5.73 Å². The lowest BCUT2D eigenvalue weighted by atomic mass is 10.2. The van der Waals surface area contributed by atoms with Gasteiger partial charge in [-0.3, -0.25) is 14.8 Å². The molecule has 0 aliphatic carbocycles. The van der Waals surface area contributed by atoms with E-state index in [1.165, 1.54) is 14.2 Å². The van der Waals surface area contributed by atoms with Crippen LogP contribution in [-0.2, 0) is 17.8 Å². The zero-order valence-corrected chi connectivity index (χ0v) is 18.0. The molecule has 31 heavy (non-hydrogen) atoms. The molecule has 0 fully saturated rings. The highest BCUT2D eigenvalue weighted by atomic mass is 16.5. The summed E-state index contributed by atoms with van der Waals surface area (Å²) in [5, 5.41) is 7.18. The van der Waals surface area contributed by atoms with Crippen LogP contribution in [0.25, 0.3) is 11.0 Å². The largest absolute Gasteiger partial charge is 0.494 e. The summed E-state index contributed by atoms with van der Waals surface area (Å²) in [6.07, 6.45) is 3.67. The highest BCUT2D eigenvalue weighted by molar-refractivity contribution is 6.04. The minimum atomic E-state index is -0.509. The van der Waals surface area contributed by atoms with Crippen molar-refractivity contribution in [3.63, 3.8) is 0 Å². The van der Waals surface area contributed by atoms with Crippen LogP contribution in [0.4, 0.5) is 5.95 Å². The first-order valence-electron chi connectivity index (χ1n) is 9.80. The number of rotatable bonds is 8. The molecule has 0 aliphatic heterocycles. The molecule has 3 aromatic rings. The molecule has 0 aliphatic rings. The molecule has 0 bridgehead atoms. The summed E-state index contributed by atoms with van der Waals surface area (Å²) in [5.74, 6) is -0.107. The van der Waals surface area contributed by atoms with Gasteiger partial charge in [0.2, 0.25) is 5.95 Å². The Hall–Kier alpha value is -3.66. The second kappa shape index (κ2) is 9.43. The molecule has 0 atom stereocenters. The molecule has 0 saturated carbocycles. The maximum absolute atomic E-state index is 13.0. The quantitative estimate of drug-likeness (QED) is 0.417. The van der Waals surface area contributed by atoms with E-state index in [4.69, 9.17) is 15.2 Å². The number of fused-ring (bicyclic) bond motifs is 1. The van der Waals surface area contributed by atoms with Gasteiger partial charge < -0.3 is 19.8 Å². The molecule has 3 N–H and O–H groups in total. The highest BCUT2D eigenvalue weighted by Crippen LogP contribution is 2.31. The normalized spacial score (nSPS) is 11.3. The Morgan fingerprint density at radius 2 is 2.00 bits per heavy atom. The number of methoxy groups -OCH3 is 2. The molecule has 0 unspecified atom stereocenters. The van der Waals surface area contributed by atoms with Crippen LogP contribution in [0.15, 0.2) is 30.4 Å². The van der Waals surface area contributed by atoms with Gasteiger partial charge in [0.15, 0.2) is 0 Å². The average Bonchev–Trinajstić information content (AvgIpc) is 3.32. The summed E-state index contributed by atoms with van der Waals surface area (Å²) < 4.78 is 13.7. The van der Waals surface area contributed by atoms with Crippen molar-refractivity contribution in [2.75, 3.05) is 26.1 Å². The third-order valence-electron chi connectivity index (χ3n) is 4.70. The predicted molar refractivity (Wildman–Crippen MR) is 116 cm³/mol. The second-order valence-electron chi connectivity index (χ2n) is 6.73. The molecule has 3 rings (SSSR count). The van der Waals surface area contributed by atoms with E-state index in [-0.39, 0.29) is 5.91 Å². The number of carbonyl (C=O) groups excluding carboxylic acids is 2. The van der Waals surface area contributed by atoms with Crippen LogP contribution in [0.3, 0.4) is 0 Å². The Labute approximate surface area is 179 Å². The summed E-state index contributed by atoms with van der Waals surface area (Å²) in [7, 11) is 2.81. The number of amides is 1. The maximum Gasteiger partial charge on any atom is 0.338 e. The molecule has 2 aromatic heterocycles. The number of anilines is 1. The number of allylic oxidation sites excluding steroid dienone is 1. The van der Waals surface area contributed by atoms with Gasteiger partial charge in [0.1, 0.15) is 17.0 Å². The van der Waals surface area contributed by atoms with Gasteiger partial charge in [-0.25, -0.2) is 9.78 Å². The zero-order chi connectivity index (χ0) is 22.5. The van der Waals surface area contributed by atoms with E-state index in [9.17, 15) is 9.59 Å². The molecule has 0 radical (unpaired) electrons. The van der Waals surface area contributed by atoms with Crippen molar-refractivity contribution >= 4 is 28.9 Å². The highest BCUT2D eigenvalue weighted by Gasteiger charge is 2.21. The number of carbonyl (C=O) groups is 2. The van der Waals surface area contributed by atoms with Gasteiger partial charge in [-0.15, -0.1) is 0 Å². The van der Waals surface area contributed by atoms with E-state index in [0.29, 0.717) is 53.6 Å². The lowest BCUT2D eigenvalue weighted by Crippen LogP contribution is -2.20. The molecular formula is C21H26N6O4. The van der Waals surface area contributed by atoms with Crippen molar-refractivity contribution in [1.82, 2.24) is 19.3 Å². The molecule has 10 heteroatoms. The summed E-state index contributed by atoms with van der Waals surface area (Å²) in [4.78, 5) is 29.6. The van der Waals surface area contributed by atoms with E-state index in [1.54, 1.807) is 27.4 Å². The summed E-state index contributed by atoms with van der Waals surface area (Å²) >= 11 is 0. The first-order chi connectivity index (χ1) is 14.9. The van der Waals surface area contributed by atoms with E-state index in [0.717, 1.165) is 5.69 Å². The van der Waals surface area contributed by atoms with Crippen molar-refractivity contribution in [1.29, 1.82) is 0 Å². The SMILES string of the molecule is CCn1nc(C)cc1C(=O)Nc1nc2cc(C(=O)OC)cc(OC)c2n1C/C=C/CN. The number of ether oxygens (including phenoxy) is 2. The van der Waals surface area contributed by atoms with Crippen LogP contribution < -0.4 is 15.8 Å². The van der Waals surface area contributed by atoms with Gasteiger partial charge in [0, 0.05) is 19.6 Å². The number of benzene rings is 1. The Balaban J connectivity index is 2.12. The minimum absolute atomic E-state index is 0.298. The number of imidazole rings is 1. The number of hydrogen-bond acceptors (Lipinski definition) is 7. The fourth-order valence-electron chi connectivity index (χ4n) is 3.31. The number of aryl methyl sites for hydroxylation is 2. The Kier molecular flexibility index (Phi) is 6.71. The molecule has 10 nitrogen and oxygen atoms in total. The second-order valence-corrected chi connectivity index (χ2v) is 6.73. The first kappa shape index (κ1) is 22.0. The monoisotopic (exact) mass is 426 g/mol. The Morgan fingerprint density at radius 1 is 1.23 bits per heavy atom. The summed E-state index contributed by atoms with van der Waals surface area (Å²) in [6.45, 7) is 5.07. The van der Waals surface area contributed by atoms with E-state index in [2.05, 4.69) is 15.4 Å². The van der Waals surface area contributed by atoms with Crippen molar-refractivity contribution in [3.05, 3.63) is 47.3 Å². The molecule has 1 aromatic carbocycles. The van der Waals surface area contributed by atoms with Crippen LogP contribution in [0.2, 0.25) is 0 Å². The number of nitrogens with zero attached hydrogens (tertiary/aromatic N) is 4. The van der Waals surface area contributed by atoms with Crippen LogP contribution >= 0.6 is 0 Å². The van der Waals surface area contributed by atoms with Crippen LogP contribution in [0.1, 0.15) is 33.5 Å². The molecular weight excluding hydrogens is 400 g/mol. The Bertz CT molecular complexity index is 1140. The fourth-order valence-corrected chi connectivity index (χ4v) is 3.31. The van der Waals surface area contributed by atoms with Gasteiger partial charge in [-0.1, -0.05) is 12.2 Å². The van der Waals surface area contributed by atoms with Crippen molar-refractivity contribution < 1.29 is 19.1 Å². The third-order valence-corrected chi connectivity index (χ3v) is 4.70. The number of nitrogens with two attached hydrogens (primary N) is 1. The summed E-state index contributed by atoms with van der Waals surface area (Å²) in [5.41, 5.74) is 8.15. The number of aromatic nitrogens is 4. The molecule has 0 saturated heterocycles. The third kappa shape index (κ3) is 4.43. The van der Waals surface area contributed by atoms with Crippen molar-refractivity contribution in [3.8, 4) is 5.75 Å². The van der Waals surface area contributed by atoms with Crippen LogP contribution in [0, 0.1) is 6.92 Å². The van der Waals surface area contributed by atoms with Crippen molar-refractivity contribution in [2.45, 2.75) is 26.9 Å². The number of hydrogen-bond donors (Lipinski definition) is 2. The van der Waals surface area contributed by atoms with Gasteiger partial charge in [-0.2, -0.15) is 5.10 Å².